The number of amidine groups is 1. The number of hydrogen-bond acceptors (Lipinski definition) is 4. The summed E-state index contributed by atoms with van der Waals surface area (Å²) in [6.07, 6.45) is 0.906. The molecule has 5 heteroatoms. The SMILES string of the molecule is CCN1CCOC(CN(C)C(C)CC(=N)N)C1. The fourth-order valence-corrected chi connectivity index (χ4v) is 2.15. The minimum absolute atomic E-state index is 0.254. The highest BCUT2D eigenvalue weighted by Gasteiger charge is 2.22. The van der Waals surface area contributed by atoms with Gasteiger partial charge in [-0.3, -0.25) is 10.3 Å². The van der Waals surface area contributed by atoms with Crippen molar-refractivity contribution in [3.8, 4) is 0 Å². The van der Waals surface area contributed by atoms with Crippen molar-refractivity contribution < 1.29 is 4.74 Å². The Hall–Kier alpha value is -0.650. The first-order valence-electron chi connectivity index (χ1n) is 6.40. The van der Waals surface area contributed by atoms with E-state index in [9.17, 15) is 0 Å². The smallest absolute Gasteiger partial charge is 0.0920 e. The van der Waals surface area contributed by atoms with Crippen LogP contribution >= 0.6 is 0 Å². The van der Waals surface area contributed by atoms with E-state index < -0.39 is 0 Å². The second-order valence-electron chi connectivity index (χ2n) is 4.90. The molecule has 1 rings (SSSR count). The number of nitrogens with zero attached hydrogens (tertiary/aromatic N) is 2. The van der Waals surface area contributed by atoms with Crippen LogP contribution in [0, 0.1) is 5.41 Å². The Morgan fingerprint density at radius 2 is 2.35 bits per heavy atom. The van der Waals surface area contributed by atoms with Crippen LogP contribution in [0.15, 0.2) is 0 Å². The molecule has 2 unspecified atom stereocenters. The Labute approximate surface area is 104 Å². The average Bonchev–Trinajstić information content (AvgIpc) is 2.28. The molecule has 1 fully saturated rings. The Balaban J connectivity index is 2.34. The van der Waals surface area contributed by atoms with E-state index in [4.69, 9.17) is 15.9 Å². The van der Waals surface area contributed by atoms with Crippen molar-refractivity contribution in [3.63, 3.8) is 0 Å². The van der Waals surface area contributed by atoms with Gasteiger partial charge in [-0.25, -0.2) is 0 Å². The lowest BCUT2D eigenvalue weighted by molar-refractivity contribution is -0.0423. The van der Waals surface area contributed by atoms with E-state index in [0.29, 0.717) is 12.5 Å². The molecule has 100 valence electrons. The summed E-state index contributed by atoms with van der Waals surface area (Å²) >= 11 is 0. The van der Waals surface area contributed by atoms with Crippen molar-refractivity contribution in [3.05, 3.63) is 0 Å². The van der Waals surface area contributed by atoms with Crippen molar-refractivity contribution >= 4 is 5.84 Å². The van der Waals surface area contributed by atoms with Crippen LogP contribution in [0.5, 0.6) is 0 Å². The molecule has 0 bridgehead atoms. The molecular formula is C12H26N4O. The van der Waals surface area contributed by atoms with E-state index in [2.05, 4.69) is 30.7 Å². The summed E-state index contributed by atoms with van der Waals surface area (Å²) in [6.45, 7) is 9.16. The Bertz CT molecular complexity index is 247. The van der Waals surface area contributed by atoms with Crippen molar-refractivity contribution in [1.82, 2.24) is 9.80 Å². The van der Waals surface area contributed by atoms with Crippen LogP contribution in [0.2, 0.25) is 0 Å². The Morgan fingerprint density at radius 1 is 1.65 bits per heavy atom. The molecular weight excluding hydrogens is 216 g/mol. The quantitative estimate of drug-likeness (QED) is 0.521. The lowest BCUT2D eigenvalue weighted by Gasteiger charge is -2.35. The minimum Gasteiger partial charge on any atom is -0.388 e. The zero-order chi connectivity index (χ0) is 12.8. The number of nitrogens with one attached hydrogen (secondary N) is 1. The van der Waals surface area contributed by atoms with Crippen molar-refractivity contribution in [2.75, 3.05) is 39.8 Å². The van der Waals surface area contributed by atoms with Crippen molar-refractivity contribution in [2.24, 2.45) is 5.73 Å². The maximum atomic E-state index is 7.31. The molecule has 1 aliphatic rings. The maximum absolute atomic E-state index is 7.31. The molecule has 1 heterocycles. The normalized spacial score (nSPS) is 23.9. The first kappa shape index (κ1) is 14.4. The van der Waals surface area contributed by atoms with Crippen LogP contribution in [0.1, 0.15) is 20.3 Å². The fraction of sp³-hybridized carbons (Fsp3) is 0.917. The van der Waals surface area contributed by atoms with Gasteiger partial charge in [0.15, 0.2) is 0 Å². The van der Waals surface area contributed by atoms with Crippen molar-refractivity contribution in [1.29, 1.82) is 5.41 Å². The molecule has 0 spiro atoms. The van der Waals surface area contributed by atoms with Crippen LogP contribution in [-0.4, -0.2) is 67.6 Å². The third-order valence-electron chi connectivity index (χ3n) is 3.43. The largest absolute Gasteiger partial charge is 0.388 e. The molecule has 5 nitrogen and oxygen atoms in total. The molecule has 0 aromatic heterocycles. The van der Waals surface area contributed by atoms with E-state index >= 15 is 0 Å². The molecule has 0 amide bonds. The second kappa shape index (κ2) is 6.93. The average molecular weight is 242 g/mol. The molecule has 1 aliphatic heterocycles. The van der Waals surface area contributed by atoms with Crippen molar-refractivity contribution in [2.45, 2.75) is 32.4 Å². The summed E-state index contributed by atoms with van der Waals surface area (Å²) in [7, 11) is 2.07. The summed E-state index contributed by atoms with van der Waals surface area (Å²) in [5.74, 6) is 0.254. The van der Waals surface area contributed by atoms with Crippen LogP contribution < -0.4 is 5.73 Å². The van der Waals surface area contributed by atoms with Crippen LogP contribution in [0.25, 0.3) is 0 Å². The lowest BCUT2D eigenvalue weighted by atomic mass is 10.1. The number of nitrogens with two attached hydrogens (primary N) is 1. The van der Waals surface area contributed by atoms with E-state index in [-0.39, 0.29) is 11.9 Å². The van der Waals surface area contributed by atoms with Gasteiger partial charge in [0, 0.05) is 32.1 Å². The predicted octanol–water partition coefficient (Wildman–Crippen LogP) is 0.353. The first-order chi connectivity index (χ1) is 8.02. The van der Waals surface area contributed by atoms with Crippen LogP contribution in [0.3, 0.4) is 0 Å². The van der Waals surface area contributed by atoms with Gasteiger partial charge in [-0.1, -0.05) is 6.92 Å². The van der Waals surface area contributed by atoms with Gasteiger partial charge in [-0.05, 0) is 20.5 Å². The zero-order valence-corrected chi connectivity index (χ0v) is 11.3. The van der Waals surface area contributed by atoms with Gasteiger partial charge in [-0.2, -0.15) is 0 Å². The third kappa shape index (κ3) is 5.02. The van der Waals surface area contributed by atoms with Gasteiger partial charge in [0.25, 0.3) is 0 Å². The molecule has 17 heavy (non-hydrogen) atoms. The monoisotopic (exact) mass is 242 g/mol. The molecule has 0 radical (unpaired) electrons. The van der Waals surface area contributed by atoms with Gasteiger partial charge in [0.1, 0.15) is 0 Å². The molecule has 0 saturated carbocycles. The number of rotatable bonds is 6. The highest BCUT2D eigenvalue weighted by molar-refractivity contribution is 5.77. The van der Waals surface area contributed by atoms with Gasteiger partial charge >= 0.3 is 0 Å². The second-order valence-corrected chi connectivity index (χ2v) is 4.90. The Morgan fingerprint density at radius 3 is 2.94 bits per heavy atom. The van der Waals surface area contributed by atoms with Crippen LogP contribution in [0.4, 0.5) is 0 Å². The standard InChI is InChI=1S/C12H26N4O/c1-4-16-5-6-17-11(9-16)8-15(3)10(2)7-12(13)14/h10-11H,4-9H2,1-3H3,(H3,13,14). The van der Waals surface area contributed by atoms with E-state index in [0.717, 1.165) is 32.8 Å². The summed E-state index contributed by atoms with van der Waals surface area (Å²) in [5.41, 5.74) is 5.43. The summed E-state index contributed by atoms with van der Waals surface area (Å²) < 4.78 is 5.77. The van der Waals surface area contributed by atoms with Gasteiger partial charge in [0.05, 0.1) is 18.5 Å². The summed E-state index contributed by atoms with van der Waals surface area (Å²) in [6, 6.07) is 0.299. The highest BCUT2D eigenvalue weighted by atomic mass is 16.5. The molecule has 0 aromatic carbocycles. The summed E-state index contributed by atoms with van der Waals surface area (Å²) in [4.78, 5) is 4.64. The van der Waals surface area contributed by atoms with E-state index in [1.165, 1.54) is 0 Å². The minimum atomic E-state index is 0.254. The summed E-state index contributed by atoms with van der Waals surface area (Å²) in [5, 5.41) is 7.31. The maximum Gasteiger partial charge on any atom is 0.0920 e. The van der Waals surface area contributed by atoms with Crippen LogP contribution in [-0.2, 0) is 4.74 Å². The van der Waals surface area contributed by atoms with Gasteiger partial charge in [0.2, 0.25) is 0 Å². The number of ether oxygens (including phenoxy) is 1. The first-order valence-corrected chi connectivity index (χ1v) is 6.40. The molecule has 3 N–H and O–H groups in total. The van der Waals surface area contributed by atoms with E-state index in [1.807, 2.05) is 0 Å². The number of likely N-dealkylation sites (N-methyl/N-ethyl adjacent to an activating group) is 2. The zero-order valence-electron chi connectivity index (χ0n) is 11.3. The van der Waals surface area contributed by atoms with Gasteiger partial charge in [-0.15, -0.1) is 0 Å². The third-order valence-corrected chi connectivity index (χ3v) is 3.43. The molecule has 1 saturated heterocycles. The highest BCUT2D eigenvalue weighted by Crippen LogP contribution is 2.09. The molecule has 2 atom stereocenters. The fourth-order valence-electron chi connectivity index (χ4n) is 2.15. The Kier molecular flexibility index (Phi) is 5.88. The molecule has 0 aliphatic carbocycles. The topological polar surface area (TPSA) is 65.6 Å². The van der Waals surface area contributed by atoms with E-state index in [1.54, 1.807) is 0 Å². The molecule has 0 aromatic rings. The van der Waals surface area contributed by atoms with Gasteiger partial charge < -0.3 is 15.4 Å². The predicted molar refractivity (Wildman–Crippen MR) is 70.5 cm³/mol. The number of hydrogen-bond donors (Lipinski definition) is 2. The number of morpholine rings is 1. The lowest BCUT2D eigenvalue weighted by Crippen LogP contribution is -2.48.